The zero-order valence-electron chi connectivity index (χ0n) is 27.5. The Kier molecular flexibility index (Phi) is 12.8. The van der Waals surface area contributed by atoms with Crippen LogP contribution in [0.5, 0.6) is 0 Å². The quantitative estimate of drug-likeness (QED) is 0.191. The van der Waals surface area contributed by atoms with Gasteiger partial charge in [-0.05, 0) is 54.7 Å². The van der Waals surface area contributed by atoms with Gasteiger partial charge in [0.2, 0.25) is 11.8 Å². The molecule has 3 fully saturated rings. The number of carbonyl (C=O) groups excluding carboxylic acids is 4. The van der Waals surface area contributed by atoms with Gasteiger partial charge in [-0.25, -0.2) is 0 Å². The van der Waals surface area contributed by atoms with Crippen LogP contribution in [0.4, 0.5) is 0 Å². The predicted molar refractivity (Wildman–Crippen MR) is 207 cm³/mol. The summed E-state index contributed by atoms with van der Waals surface area (Å²) in [6, 6.07) is 19.8. The molecule has 0 N–H and O–H groups in total. The van der Waals surface area contributed by atoms with Crippen molar-refractivity contribution >= 4 is 92.4 Å². The molecule has 5 rings (SSSR count). The summed E-state index contributed by atoms with van der Waals surface area (Å²) in [6.07, 6.45) is 8.66. The van der Waals surface area contributed by atoms with E-state index in [-0.39, 0.29) is 36.6 Å². The number of allylic oxidation sites excluding steroid dienone is 4. The van der Waals surface area contributed by atoms with Crippen molar-refractivity contribution in [1.82, 2.24) is 19.6 Å². The smallest absolute Gasteiger partial charge is 0.266 e. The molecule has 0 bridgehead atoms. The van der Waals surface area contributed by atoms with Crippen molar-refractivity contribution in [2.45, 2.75) is 33.1 Å². The lowest BCUT2D eigenvalue weighted by Crippen LogP contribution is -2.51. The molecule has 0 unspecified atom stereocenters. The van der Waals surface area contributed by atoms with Gasteiger partial charge in [-0.1, -0.05) is 121 Å². The monoisotopic (exact) mass is 730 g/mol. The van der Waals surface area contributed by atoms with Crippen LogP contribution in [0.25, 0.3) is 12.2 Å². The molecule has 2 aromatic rings. The van der Waals surface area contributed by atoms with Crippen LogP contribution >= 0.6 is 48.0 Å². The summed E-state index contributed by atoms with van der Waals surface area (Å²) in [7, 11) is 0. The Bertz CT molecular complexity index is 1750. The van der Waals surface area contributed by atoms with E-state index in [1.54, 1.807) is 14.7 Å². The highest BCUT2D eigenvalue weighted by molar-refractivity contribution is 8.27. The second-order valence-corrected chi connectivity index (χ2v) is 15.2. The molecule has 2 aromatic carbocycles. The summed E-state index contributed by atoms with van der Waals surface area (Å²) >= 11 is 13.5. The van der Waals surface area contributed by atoms with Crippen molar-refractivity contribution < 1.29 is 19.2 Å². The third-order valence-electron chi connectivity index (χ3n) is 8.16. The lowest BCUT2D eigenvalue weighted by atomic mass is 10.1. The Labute approximate surface area is 306 Å². The van der Waals surface area contributed by atoms with Gasteiger partial charge in [0.1, 0.15) is 8.64 Å². The molecule has 0 spiro atoms. The van der Waals surface area contributed by atoms with Crippen molar-refractivity contribution in [2.24, 2.45) is 0 Å². The number of benzene rings is 2. The lowest BCUT2D eigenvalue weighted by Gasteiger charge is -2.35. The Hall–Kier alpha value is -3.84. The molecule has 0 radical (unpaired) electrons. The average molecular weight is 731 g/mol. The summed E-state index contributed by atoms with van der Waals surface area (Å²) < 4.78 is 0.949. The van der Waals surface area contributed by atoms with E-state index in [0.29, 0.717) is 64.0 Å². The first-order valence-electron chi connectivity index (χ1n) is 16.1. The fraction of sp³-hybridized carbons (Fsp3) is 0.297. The predicted octanol–water partition coefficient (Wildman–Crippen LogP) is 6.52. The van der Waals surface area contributed by atoms with Gasteiger partial charge in [0.05, 0.1) is 9.81 Å². The molecular formula is C37H38N4O4S4. The number of hydrogen-bond donors (Lipinski definition) is 0. The largest absolute Gasteiger partial charge is 0.339 e. The summed E-state index contributed by atoms with van der Waals surface area (Å²) in [4.78, 5) is 59.8. The molecule has 0 atom stereocenters. The molecular weight excluding hydrogens is 693 g/mol. The molecule has 4 amide bonds. The van der Waals surface area contributed by atoms with Gasteiger partial charge in [0.15, 0.2) is 0 Å². The molecule has 0 aliphatic carbocycles. The van der Waals surface area contributed by atoms with Gasteiger partial charge in [0, 0.05) is 52.1 Å². The topological polar surface area (TPSA) is 81.2 Å². The number of nitrogens with zero attached hydrogens (tertiary/aromatic N) is 4. The number of carbonyl (C=O) groups is 4. The normalized spacial score (nSPS) is 19.2. The van der Waals surface area contributed by atoms with Crippen LogP contribution in [0.1, 0.15) is 44.2 Å². The highest BCUT2D eigenvalue weighted by atomic mass is 32.2. The molecule has 3 saturated heterocycles. The number of amides is 4. The third-order valence-corrected chi connectivity index (χ3v) is 10.9. The number of rotatable bonds is 11. The number of hydrogen-bond acceptors (Lipinski definition) is 8. The second-order valence-electron chi connectivity index (χ2n) is 11.9. The second kappa shape index (κ2) is 17.2. The molecule has 49 heavy (non-hydrogen) atoms. The maximum atomic E-state index is 13.1. The standard InChI is InChI=1S/C37H38N4O4S4/c1-26(22-28-10-5-3-6-11-28)24-30-34(44)40(36(46)48-30)16-9-14-32(42)38-18-20-39(21-19-38)33(43)15-17-41-35(45)31(49-37(41)47)25-27(2)23-29-12-7-4-8-13-29/h3-8,10-13,22-25H,9,14-21H2,1-2H3. The van der Waals surface area contributed by atoms with E-state index in [2.05, 4.69) is 0 Å². The molecule has 3 heterocycles. The maximum Gasteiger partial charge on any atom is 0.266 e. The van der Waals surface area contributed by atoms with Crippen molar-refractivity contribution in [3.8, 4) is 0 Å². The van der Waals surface area contributed by atoms with Gasteiger partial charge in [-0.2, -0.15) is 0 Å². The molecule has 3 aliphatic heterocycles. The molecule has 0 aromatic heterocycles. The Morgan fingerprint density at radius 1 is 0.653 bits per heavy atom. The minimum Gasteiger partial charge on any atom is -0.339 e. The van der Waals surface area contributed by atoms with Crippen molar-refractivity contribution in [3.05, 3.63) is 105 Å². The molecule has 254 valence electrons. The van der Waals surface area contributed by atoms with Gasteiger partial charge in [-0.3, -0.25) is 29.0 Å². The number of piperazine rings is 1. The summed E-state index contributed by atoms with van der Waals surface area (Å²) in [5, 5.41) is 0. The van der Waals surface area contributed by atoms with Gasteiger partial charge >= 0.3 is 0 Å². The highest BCUT2D eigenvalue weighted by Crippen LogP contribution is 2.33. The number of thioether (sulfide) groups is 2. The SMILES string of the molecule is CC(=Cc1ccccc1)C=C1SC(=S)N(CCCC(=O)N2CCN(C(=O)CCN3C(=O)C(=CC(C)=Cc4ccccc4)SC3=S)CC2)C1=O. The summed E-state index contributed by atoms with van der Waals surface area (Å²) in [5.41, 5.74) is 4.00. The summed E-state index contributed by atoms with van der Waals surface area (Å²) in [5.74, 6) is -0.388. The fourth-order valence-corrected chi connectivity index (χ4v) is 8.34. The minimum absolute atomic E-state index is 0.00400. The zero-order chi connectivity index (χ0) is 34.9. The molecule has 0 saturated carbocycles. The van der Waals surface area contributed by atoms with E-state index in [1.165, 1.54) is 28.4 Å². The van der Waals surface area contributed by atoms with Crippen LogP contribution in [0.2, 0.25) is 0 Å². The first kappa shape index (κ1) is 36.4. The first-order chi connectivity index (χ1) is 23.6. The highest BCUT2D eigenvalue weighted by Gasteiger charge is 2.34. The van der Waals surface area contributed by atoms with E-state index < -0.39 is 0 Å². The van der Waals surface area contributed by atoms with E-state index in [0.717, 1.165) is 22.3 Å². The lowest BCUT2D eigenvalue weighted by molar-refractivity contribution is -0.140. The van der Waals surface area contributed by atoms with Crippen LogP contribution in [0.15, 0.2) is 93.8 Å². The van der Waals surface area contributed by atoms with Crippen LogP contribution in [0.3, 0.4) is 0 Å². The van der Waals surface area contributed by atoms with E-state index in [4.69, 9.17) is 24.4 Å². The first-order valence-corrected chi connectivity index (χ1v) is 18.6. The molecule has 3 aliphatic rings. The minimum atomic E-state index is -0.184. The van der Waals surface area contributed by atoms with E-state index in [9.17, 15) is 19.2 Å². The van der Waals surface area contributed by atoms with Gasteiger partial charge in [0.25, 0.3) is 11.8 Å². The molecule has 8 nitrogen and oxygen atoms in total. The summed E-state index contributed by atoms with van der Waals surface area (Å²) in [6.45, 7) is 6.24. The van der Waals surface area contributed by atoms with Gasteiger partial charge in [-0.15, -0.1) is 0 Å². The average Bonchev–Trinajstić information content (AvgIpc) is 3.51. The van der Waals surface area contributed by atoms with Crippen molar-refractivity contribution in [3.63, 3.8) is 0 Å². The van der Waals surface area contributed by atoms with Gasteiger partial charge < -0.3 is 9.80 Å². The van der Waals surface area contributed by atoms with Crippen molar-refractivity contribution in [2.75, 3.05) is 39.3 Å². The van der Waals surface area contributed by atoms with Crippen molar-refractivity contribution in [1.29, 1.82) is 0 Å². The van der Waals surface area contributed by atoms with Crippen LogP contribution < -0.4 is 0 Å². The van der Waals surface area contributed by atoms with E-state index >= 15 is 0 Å². The van der Waals surface area contributed by atoms with E-state index in [1.807, 2.05) is 98.8 Å². The maximum absolute atomic E-state index is 13.1. The fourth-order valence-electron chi connectivity index (χ4n) is 5.62. The Morgan fingerprint density at radius 3 is 1.51 bits per heavy atom. The Morgan fingerprint density at radius 2 is 1.06 bits per heavy atom. The third kappa shape index (κ3) is 9.87. The number of thiocarbonyl (C=S) groups is 2. The Balaban J connectivity index is 1.03. The van der Waals surface area contributed by atoms with Crippen LogP contribution in [-0.4, -0.2) is 91.1 Å². The molecule has 12 heteroatoms. The zero-order valence-corrected chi connectivity index (χ0v) is 30.8. The van der Waals surface area contributed by atoms with Crippen LogP contribution in [-0.2, 0) is 19.2 Å². The van der Waals surface area contributed by atoms with Crippen LogP contribution in [0, 0.1) is 0 Å².